The molecule has 1 aromatic rings. The summed E-state index contributed by atoms with van der Waals surface area (Å²) in [5.41, 5.74) is 1.17. The fourth-order valence-electron chi connectivity index (χ4n) is 1.68. The second-order valence-corrected chi connectivity index (χ2v) is 4.47. The van der Waals surface area contributed by atoms with Gasteiger partial charge in [-0.1, -0.05) is 43.7 Å². The van der Waals surface area contributed by atoms with Gasteiger partial charge >= 0.3 is 0 Å². The number of halogens is 1. The molecular formula is C14H20ClNO. The lowest BCUT2D eigenvalue weighted by Crippen LogP contribution is -2.31. The minimum Gasteiger partial charge on any atom is -0.338 e. The van der Waals surface area contributed by atoms with Gasteiger partial charge < -0.3 is 4.90 Å². The van der Waals surface area contributed by atoms with Crippen LogP contribution in [-0.2, 0) is 11.3 Å². The molecule has 0 aliphatic carbocycles. The van der Waals surface area contributed by atoms with Crippen molar-refractivity contribution < 1.29 is 4.79 Å². The van der Waals surface area contributed by atoms with E-state index in [0.717, 1.165) is 19.4 Å². The number of amides is 1. The molecule has 0 unspecified atom stereocenters. The largest absolute Gasteiger partial charge is 0.338 e. The Bertz CT molecular complexity index is 326. The van der Waals surface area contributed by atoms with Crippen LogP contribution in [0.3, 0.4) is 0 Å². The molecule has 1 amide bonds. The Kier molecular flexibility index (Phi) is 6.71. The first-order chi connectivity index (χ1) is 8.27. The summed E-state index contributed by atoms with van der Waals surface area (Å²) in [6.07, 6.45) is 2.57. The third-order valence-corrected chi connectivity index (χ3v) is 2.85. The second-order valence-electron chi connectivity index (χ2n) is 4.09. The van der Waals surface area contributed by atoms with E-state index < -0.39 is 0 Å². The van der Waals surface area contributed by atoms with E-state index in [1.165, 1.54) is 5.56 Å². The van der Waals surface area contributed by atoms with Crippen molar-refractivity contribution in [2.75, 3.05) is 12.4 Å². The lowest BCUT2D eigenvalue weighted by Gasteiger charge is -2.22. The molecule has 0 spiro atoms. The van der Waals surface area contributed by atoms with Gasteiger partial charge in [0, 0.05) is 25.4 Å². The SMILES string of the molecule is CCCCN(Cc1ccccc1)C(=O)CCCl. The molecule has 17 heavy (non-hydrogen) atoms. The van der Waals surface area contributed by atoms with E-state index in [2.05, 4.69) is 6.92 Å². The number of hydrogen-bond donors (Lipinski definition) is 0. The number of rotatable bonds is 7. The summed E-state index contributed by atoms with van der Waals surface area (Å²) in [6, 6.07) is 10.1. The highest BCUT2D eigenvalue weighted by molar-refractivity contribution is 6.18. The number of hydrogen-bond acceptors (Lipinski definition) is 1. The molecule has 0 aliphatic heterocycles. The number of alkyl halides is 1. The van der Waals surface area contributed by atoms with Gasteiger partial charge in [0.2, 0.25) is 5.91 Å². The zero-order valence-corrected chi connectivity index (χ0v) is 11.1. The maximum Gasteiger partial charge on any atom is 0.224 e. The normalized spacial score (nSPS) is 10.2. The number of carbonyl (C=O) groups is 1. The third kappa shape index (κ3) is 5.22. The summed E-state index contributed by atoms with van der Waals surface area (Å²) in [6.45, 7) is 3.64. The van der Waals surface area contributed by atoms with Gasteiger partial charge in [0.1, 0.15) is 0 Å². The van der Waals surface area contributed by atoms with Crippen LogP contribution in [0.2, 0.25) is 0 Å². The first-order valence-corrected chi connectivity index (χ1v) is 6.69. The van der Waals surface area contributed by atoms with Crippen LogP contribution in [0.5, 0.6) is 0 Å². The van der Waals surface area contributed by atoms with Crippen LogP contribution in [0.1, 0.15) is 31.7 Å². The second kappa shape index (κ2) is 8.13. The predicted octanol–water partition coefficient (Wildman–Crippen LogP) is 3.44. The average molecular weight is 254 g/mol. The summed E-state index contributed by atoms with van der Waals surface area (Å²) in [5, 5.41) is 0. The number of benzene rings is 1. The Morgan fingerprint density at radius 3 is 2.59 bits per heavy atom. The molecule has 1 aromatic carbocycles. The quantitative estimate of drug-likeness (QED) is 0.682. The van der Waals surface area contributed by atoms with Crippen LogP contribution in [-0.4, -0.2) is 23.2 Å². The third-order valence-electron chi connectivity index (χ3n) is 2.66. The van der Waals surface area contributed by atoms with Crippen molar-refractivity contribution in [3.05, 3.63) is 35.9 Å². The van der Waals surface area contributed by atoms with Crippen molar-refractivity contribution in [2.24, 2.45) is 0 Å². The number of nitrogens with zero attached hydrogens (tertiary/aromatic N) is 1. The van der Waals surface area contributed by atoms with Gasteiger partial charge in [-0.25, -0.2) is 0 Å². The molecular weight excluding hydrogens is 234 g/mol. The van der Waals surface area contributed by atoms with Crippen LogP contribution < -0.4 is 0 Å². The van der Waals surface area contributed by atoms with Crippen LogP contribution >= 0.6 is 11.6 Å². The molecule has 94 valence electrons. The zero-order chi connectivity index (χ0) is 12.5. The van der Waals surface area contributed by atoms with Crippen LogP contribution in [0, 0.1) is 0 Å². The van der Waals surface area contributed by atoms with Crippen LogP contribution in [0.25, 0.3) is 0 Å². The van der Waals surface area contributed by atoms with Gasteiger partial charge in [-0.05, 0) is 12.0 Å². The summed E-state index contributed by atoms with van der Waals surface area (Å²) >= 11 is 5.63. The Balaban J connectivity index is 2.59. The van der Waals surface area contributed by atoms with E-state index in [1.807, 2.05) is 35.2 Å². The highest BCUT2D eigenvalue weighted by Crippen LogP contribution is 2.08. The van der Waals surface area contributed by atoms with Crippen LogP contribution in [0.15, 0.2) is 30.3 Å². The molecule has 0 heterocycles. The van der Waals surface area contributed by atoms with Crippen LogP contribution in [0.4, 0.5) is 0 Å². The summed E-state index contributed by atoms with van der Waals surface area (Å²) in [5.74, 6) is 0.549. The van der Waals surface area contributed by atoms with Gasteiger partial charge in [-0.15, -0.1) is 11.6 Å². The molecule has 0 aromatic heterocycles. The lowest BCUT2D eigenvalue weighted by atomic mass is 10.2. The molecule has 0 bridgehead atoms. The maximum atomic E-state index is 11.9. The monoisotopic (exact) mass is 253 g/mol. The number of carbonyl (C=O) groups excluding carboxylic acids is 1. The number of unbranched alkanes of at least 4 members (excludes halogenated alkanes) is 1. The average Bonchev–Trinajstić information content (AvgIpc) is 2.36. The van der Waals surface area contributed by atoms with E-state index in [-0.39, 0.29) is 5.91 Å². The standard InChI is InChI=1S/C14H20ClNO/c1-2-3-11-16(14(17)9-10-15)12-13-7-5-4-6-8-13/h4-8H,2-3,9-12H2,1H3. The molecule has 0 aliphatic rings. The smallest absolute Gasteiger partial charge is 0.224 e. The molecule has 0 N–H and O–H groups in total. The highest BCUT2D eigenvalue weighted by atomic mass is 35.5. The van der Waals surface area contributed by atoms with E-state index in [9.17, 15) is 4.79 Å². The Morgan fingerprint density at radius 1 is 1.29 bits per heavy atom. The molecule has 0 radical (unpaired) electrons. The van der Waals surface area contributed by atoms with Gasteiger partial charge in [-0.2, -0.15) is 0 Å². The molecule has 0 saturated heterocycles. The van der Waals surface area contributed by atoms with Gasteiger partial charge in [-0.3, -0.25) is 4.79 Å². The van der Waals surface area contributed by atoms with E-state index in [0.29, 0.717) is 18.8 Å². The van der Waals surface area contributed by atoms with E-state index >= 15 is 0 Å². The van der Waals surface area contributed by atoms with Crippen molar-refractivity contribution in [3.63, 3.8) is 0 Å². The molecule has 0 saturated carbocycles. The Labute approximate surface area is 109 Å². The molecule has 1 rings (SSSR count). The van der Waals surface area contributed by atoms with Gasteiger partial charge in [0.25, 0.3) is 0 Å². The minimum absolute atomic E-state index is 0.150. The molecule has 3 heteroatoms. The minimum atomic E-state index is 0.150. The predicted molar refractivity (Wildman–Crippen MR) is 72.1 cm³/mol. The molecule has 0 atom stereocenters. The van der Waals surface area contributed by atoms with Crippen molar-refractivity contribution in [1.82, 2.24) is 4.90 Å². The van der Waals surface area contributed by atoms with Crippen molar-refractivity contribution >= 4 is 17.5 Å². The van der Waals surface area contributed by atoms with E-state index in [4.69, 9.17) is 11.6 Å². The fraction of sp³-hybridized carbons (Fsp3) is 0.500. The topological polar surface area (TPSA) is 20.3 Å². The van der Waals surface area contributed by atoms with Gasteiger partial charge in [0.05, 0.1) is 0 Å². The highest BCUT2D eigenvalue weighted by Gasteiger charge is 2.12. The zero-order valence-electron chi connectivity index (χ0n) is 10.4. The molecule has 0 fully saturated rings. The first-order valence-electron chi connectivity index (χ1n) is 6.15. The van der Waals surface area contributed by atoms with Crippen molar-refractivity contribution in [2.45, 2.75) is 32.7 Å². The van der Waals surface area contributed by atoms with Crippen molar-refractivity contribution in [3.8, 4) is 0 Å². The Hall–Kier alpha value is -1.02. The summed E-state index contributed by atoms with van der Waals surface area (Å²) < 4.78 is 0. The Morgan fingerprint density at radius 2 is 2.00 bits per heavy atom. The first kappa shape index (κ1) is 14.0. The van der Waals surface area contributed by atoms with Crippen molar-refractivity contribution in [1.29, 1.82) is 0 Å². The van der Waals surface area contributed by atoms with E-state index in [1.54, 1.807) is 0 Å². The maximum absolute atomic E-state index is 11.9. The molecule has 2 nitrogen and oxygen atoms in total. The lowest BCUT2D eigenvalue weighted by molar-refractivity contribution is -0.131. The fourth-order valence-corrected chi connectivity index (χ4v) is 1.85. The summed E-state index contributed by atoms with van der Waals surface area (Å²) in [4.78, 5) is 13.8. The summed E-state index contributed by atoms with van der Waals surface area (Å²) in [7, 11) is 0. The van der Waals surface area contributed by atoms with Gasteiger partial charge in [0.15, 0.2) is 0 Å².